The summed E-state index contributed by atoms with van der Waals surface area (Å²) in [5, 5.41) is 0.446. The molecule has 0 aromatic heterocycles. The number of halogens is 6. The van der Waals surface area contributed by atoms with Crippen LogP contribution in [0.4, 0.5) is 28.9 Å². The smallest absolute Gasteiger partial charge is 0.262 e. The van der Waals surface area contributed by atoms with Crippen LogP contribution in [0.25, 0.3) is 0 Å². The van der Waals surface area contributed by atoms with Crippen LogP contribution in [0.15, 0.2) is 36.4 Å². The van der Waals surface area contributed by atoms with E-state index in [0.29, 0.717) is 0 Å². The van der Waals surface area contributed by atoms with E-state index in [9.17, 15) is 17.6 Å². The van der Waals surface area contributed by atoms with Crippen molar-refractivity contribution < 1.29 is 22.3 Å². The molecule has 8 N–H and O–H groups in total. The van der Waals surface area contributed by atoms with Gasteiger partial charge in [0.05, 0.1) is 13.2 Å². The molecule has 2 aromatic carbocycles. The molecule has 5 nitrogen and oxygen atoms in total. The number of nitrogens with two attached hydrogens (primary N) is 4. The van der Waals surface area contributed by atoms with Crippen LogP contribution in [0.5, 0.6) is 0 Å². The molecule has 29 heavy (non-hydrogen) atoms. The molecule has 0 fully saturated rings. The zero-order valence-electron chi connectivity index (χ0n) is 15.0. The molecule has 0 spiro atoms. The third-order valence-corrected chi connectivity index (χ3v) is 4.96. The summed E-state index contributed by atoms with van der Waals surface area (Å²) < 4.78 is 60.2. The summed E-state index contributed by atoms with van der Waals surface area (Å²) in [4.78, 5) is 0. The summed E-state index contributed by atoms with van der Waals surface area (Å²) >= 11 is 11.6. The molecular weight excluding hydrogens is 435 g/mol. The molecule has 2 atom stereocenters. The van der Waals surface area contributed by atoms with Gasteiger partial charge in [0.2, 0.25) is 0 Å². The molecule has 0 amide bonds. The van der Waals surface area contributed by atoms with E-state index in [2.05, 4.69) is 0 Å². The molecule has 0 saturated carbocycles. The first-order valence-corrected chi connectivity index (χ1v) is 9.00. The zero-order valence-corrected chi connectivity index (χ0v) is 16.5. The van der Waals surface area contributed by atoms with E-state index in [-0.39, 0.29) is 32.5 Å². The molecule has 2 unspecified atom stereocenters. The fraction of sp³-hybridized carbons (Fsp3) is 0.333. The summed E-state index contributed by atoms with van der Waals surface area (Å²) in [6, 6.07) is 7.62. The molecule has 11 heteroatoms. The van der Waals surface area contributed by atoms with Gasteiger partial charge in [0.15, 0.2) is 0 Å². The fourth-order valence-corrected chi connectivity index (χ4v) is 3.18. The van der Waals surface area contributed by atoms with Crippen molar-refractivity contribution in [2.24, 2.45) is 11.5 Å². The van der Waals surface area contributed by atoms with Crippen molar-refractivity contribution in [2.75, 3.05) is 24.7 Å². The maximum Gasteiger partial charge on any atom is 0.262 e. The maximum atomic E-state index is 13.8. The van der Waals surface area contributed by atoms with Gasteiger partial charge >= 0.3 is 0 Å². The van der Waals surface area contributed by atoms with Gasteiger partial charge in [-0.3, -0.25) is 0 Å². The van der Waals surface area contributed by atoms with E-state index < -0.39 is 37.1 Å². The van der Waals surface area contributed by atoms with Crippen molar-refractivity contribution >= 4 is 34.6 Å². The Labute approximate surface area is 174 Å². The molecule has 2 aromatic rings. The first kappa shape index (κ1) is 23.5. The summed E-state index contributed by atoms with van der Waals surface area (Å²) in [7, 11) is 0. The van der Waals surface area contributed by atoms with Crippen LogP contribution >= 0.6 is 23.2 Å². The van der Waals surface area contributed by atoms with E-state index in [4.69, 9.17) is 50.9 Å². The van der Waals surface area contributed by atoms with Crippen LogP contribution in [-0.4, -0.2) is 26.1 Å². The molecular formula is C18H20Cl2F4N4O. The molecule has 0 radical (unpaired) electrons. The first-order chi connectivity index (χ1) is 13.4. The predicted molar refractivity (Wildman–Crippen MR) is 106 cm³/mol. The number of hydrogen-bond donors (Lipinski definition) is 4. The third-order valence-electron chi connectivity index (χ3n) is 4.49. The van der Waals surface area contributed by atoms with Crippen LogP contribution < -0.4 is 22.9 Å². The summed E-state index contributed by atoms with van der Waals surface area (Å²) in [6.07, 6.45) is -6.24. The summed E-state index contributed by atoms with van der Waals surface area (Å²) in [5.74, 6) is 0. The molecule has 0 aliphatic carbocycles. The topological polar surface area (TPSA) is 113 Å². The maximum absolute atomic E-state index is 13.8. The second-order valence-electron chi connectivity index (χ2n) is 6.64. The molecule has 0 saturated heterocycles. The molecule has 160 valence electrons. The summed E-state index contributed by atoms with van der Waals surface area (Å²) in [5.41, 5.74) is 18.0. The number of hydrogen-bond acceptors (Lipinski definition) is 5. The van der Waals surface area contributed by atoms with Gasteiger partial charge in [0, 0.05) is 32.5 Å². The second-order valence-corrected chi connectivity index (χ2v) is 7.51. The van der Waals surface area contributed by atoms with E-state index in [1.807, 2.05) is 0 Å². The molecule has 0 bridgehead atoms. The Bertz CT molecular complexity index is 804. The zero-order chi connectivity index (χ0) is 22.0. The Balaban J connectivity index is 2.28. The number of benzene rings is 2. The van der Waals surface area contributed by atoms with Gasteiger partial charge in [-0.2, -0.15) is 0 Å². The average molecular weight is 455 g/mol. The first-order valence-electron chi connectivity index (χ1n) is 8.24. The van der Waals surface area contributed by atoms with Crippen LogP contribution in [0.1, 0.15) is 11.1 Å². The van der Waals surface area contributed by atoms with Crippen LogP contribution in [0.2, 0.25) is 10.0 Å². The highest BCUT2D eigenvalue weighted by atomic mass is 35.5. The normalized spacial score (nSPS) is 16.1. The van der Waals surface area contributed by atoms with Crippen molar-refractivity contribution in [1.29, 1.82) is 0 Å². The second kappa shape index (κ2) is 8.93. The lowest BCUT2D eigenvalue weighted by Crippen LogP contribution is -2.52. The SMILES string of the molecule is Nc1cc(Cl)ccc1C(N)(COCC(N)(c1ccc(Cl)cc1N)C(F)F)C(F)F. The van der Waals surface area contributed by atoms with Crippen molar-refractivity contribution in [3.63, 3.8) is 0 Å². The van der Waals surface area contributed by atoms with Gasteiger partial charge in [-0.05, 0) is 24.3 Å². The number of anilines is 2. The quantitative estimate of drug-likeness (QED) is 0.358. The lowest BCUT2D eigenvalue weighted by Gasteiger charge is -2.34. The van der Waals surface area contributed by atoms with Crippen molar-refractivity contribution in [3.8, 4) is 0 Å². The fourth-order valence-electron chi connectivity index (χ4n) is 2.82. The highest BCUT2D eigenvalue weighted by Crippen LogP contribution is 2.35. The molecule has 2 rings (SSSR count). The lowest BCUT2D eigenvalue weighted by atomic mass is 9.89. The third kappa shape index (κ3) is 4.87. The van der Waals surface area contributed by atoms with Gasteiger partial charge in [-0.25, -0.2) is 17.6 Å². The Hall–Kier alpha value is -1.78. The summed E-state index contributed by atoms with van der Waals surface area (Å²) in [6.45, 7) is -1.68. The van der Waals surface area contributed by atoms with Crippen LogP contribution in [0, 0.1) is 0 Å². The molecule has 0 heterocycles. The highest BCUT2D eigenvalue weighted by Gasteiger charge is 2.43. The lowest BCUT2D eigenvalue weighted by molar-refractivity contribution is -0.0543. The minimum Gasteiger partial charge on any atom is -0.398 e. The minimum absolute atomic E-state index is 0.0845. The minimum atomic E-state index is -3.12. The Morgan fingerprint density at radius 3 is 1.38 bits per heavy atom. The standard InChI is InChI=1S/C18H20Cl2F4N4O/c19-9-1-3-11(13(25)5-9)17(27,15(21)22)7-29-8-18(28,16(23)24)12-4-2-10(20)6-14(12)26/h1-6,15-16H,7-8,25-28H2. The van der Waals surface area contributed by atoms with Crippen LogP contribution in [0.3, 0.4) is 0 Å². The van der Waals surface area contributed by atoms with Gasteiger partial charge < -0.3 is 27.7 Å². The van der Waals surface area contributed by atoms with Gasteiger partial charge in [-0.15, -0.1) is 0 Å². The molecule has 0 aliphatic rings. The van der Waals surface area contributed by atoms with E-state index >= 15 is 0 Å². The number of nitrogen functional groups attached to an aromatic ring is 2. The monoisotopic (exact) mass is 454 g/mol. The van der Waals surface area contributed by atoms with E-state index in [1.165, 1.54) is 36.4 Å². The van der Waals surface area contributed by atoms with Gasteiger partial charge in [-0.1, -0.05) is 35.3 Å². The van der Waals surface area contributed by atoms with Gasteiger partial charge in [0.25, 0.3) is 12.9 Å². The number of alkyl halides is 4. The number of rotatable bonds is 8. The van der Waals surface area contributed by atoms with E-state index in [0.717, 1.165) is 0 Å². The van der Waals surface area contributed by atoms with Gasteiger partial charge in [0.1, 0.15) is 11.1 Å². The van der Waals surface area contributed by atoms with Crippen molar-refractivity contribution in [3.05, 3.63) is 57.6 Å². The van der Waals surface area contributed by atoms with Crippen molar-refractivity contribution in [2.45, 2.75) is 23.9 Å². The Morgan fingerprint density at radius 2 is 1.10 bits per heavy atom. The van der Waals surface area contributed by atoms with Crippen LogP contribution in [-0.2, 0) is 15.8 Å². The van der Waals surface area contributed by atoms with Crippen molar-refractivity contribution in [1.82, 2.24) is 0 Å². The number of ether oxygens (including phenoxy) is 1. The predicted octanol–water partition coefficient (Wildman–Crippen LogP) is 3.71. The Kier molecular flexibility index (Phi) is 7.23. The Morgan fingerprint density at radius 1 is 0.759 bits per heavy atom. The largest absolute Gasteiger partial charge is 0.398 e. The average Bonchev–Trinajstić information content (AvgIpc) is 2.60. The molecule has 0 aliphatic heterocycles. The highest BCUT2D eigenvalue weighted by molar-refractivity contribution is 6.31. The van der Waals surface area contributed by atoms with E-state index in [1.54, 1.807) is 0 Å².